The molecule has 0 saturated heterocycles. The Morgan fingerprint density at radius 1 is 1.14 bits per heavy atom. The van der Waals surface area contributed by atoms with E-state index >= 15 is 0 Å². The monoisotopic (exact) mass is 307 g/mol. The van der Waals surface area contributed by atoms with Crippen LogP contribution in [0.25, 0.3) is 0 Å². The van der Waals surface area contributed by atoms with Gasteiger partial charge in [-0.1, -0.05) is 23.7 Å². The van der Waals surface area contributed by atoms with Gasteiger partial charge >= 0.3 is 5.97 Å². The lowest BCUT2D eigenvalue weighted by Crippen LogP contribution is -2.14. The molecule has 21 heavy (non-hydrogen) atoms. The lowest BCUT2D eigenvalue weighted by atomic mass is 10.2. The summed E-state index contributed by atoms with van der Waals surface area (Å²) in [5, 5.41) is 0.694. The van der Waals surface area contributed by atoms with E-state index in [2.05, 4.69) is 0 Å². The molecule has 0 aliphatic heterocycles. The number of halogens is 1. The van der Waals surface area contributed by atoms with Crippen LogP contribution in [0.4, 0.5) is 0 Å². The summed E-state index contributed by atoms with van der Waals surface area (Å²) in [4.78, 5) is 11.9. The number of rotatable bonds is 6. The Bertz CT molecular complexity index is 604. The topological polar surface area (TPSA) is 40.5 Å². The Balaban J connectivity index is 2.30. The third-order valence-corrected chi connectivity index (χ3v) is 3.53. The van der Waals surface area contributed by atoms with Crippen molar-refractivity contribution in [1.82, 2.24) is 4.57 Å². The largest absolute Gasteiger partial charge is 0.464 e. The number of aromatic nitrogens is 1. The zero-order chi connectivity index (χ0) is 15.2. The van der Waals surface area contributed by atoms with Crippen LogP contribution in [0.2, 0.25) is 5.02 Å². The first-order chi connectivity index (χ1) is 10.2. The Morgan fingerprint density at radius 3 is 2.48 bits per heavy atom. The molecule has 0 aliphatic carbocycles. The maximum atomic E-state index is 11.9. The fraction of sp³-hybridized carbons (Fsp3) is 0.312. The van der Waals surface area contributed by atoms with E-state index in [4.69, 9.17) is 21.1 Å². The number of carbonyl (C=O) groups is 1. The summed E-state index contributed by atoms with van der Waals surface area (Å²) in [6.45, 7) is 1.19. The number of carbonyl (C=O) groups excluding carboxylic acids is 1. The molecule has 1 aromatic heterocycles. The summed E-state index contributed by atoms with van der Waals surface area (Å²) in [7, 11) is 3.05. The molecule has 1 heterocycles. The van der Waals surface area contributed by atoms with Gasteiger partial charge in [-0.25, -0.2) is 4.79 Å². The van der Waals surface area contributed by atoms with E-state index in [0.717, 1.165) is 17.7 Å². The second kappa shape index (κ2) is 7.29. The van der Waals surface area contributed by atoms with Gasteiger partial charge in [-0.15, -0.1) is 0 Å². The highest BCUT2D eigenvalue weighted by Gasteiger charge is 2.15. The van der Waals surface area contributed by atoms with Crippen LogP contribution in [0, 0.1) is 0 Å². The van der Waals surface area contributed by atoms with Crippen molar-refractivity contribution < 1.29 is 14.3 Å². The van der Waals surface area contributed by atoms with Crippen LogP contribution in [0.15, 0.2) is 36.4 Å². The Hall–Kier alpha value is -1.78. The minimum absolute atomic E-state index is 0.340. The van der Waals surface area contributed by atoms with Crippen molar-refractivity contribution in [2.24, 2.45) is 0 Å². The average molecular weight is 308 g/mol. The summed E-state index contributed by atoms with van der Waals surface area (Å²) >= 11 is 5.90. The number of hydrogen-bond acceptors (Lipinski definition) is 3. The van der Waals surface area contributed by atoms with Gasteiger partial charge in [0.2, 0.25) is 0 Å². The van der Waals surface area contributed by atoms with E-state index in [1.54, 1.807) is 13.2 Å². The molecule has 112 valence electrons. The predicted octanol–water partition coefficient (Wildman–Crippen LogP) is 3.17. The lowest BCUT2D eigenvalue weighted by molar-refractivity contribution is 0.0588. The molecule has 4 nitrogen and oxygen atoms in total. The molecule has 0 N–H and O–H groups in total. The number of benzene rings is 1. The van der Waals surface area contributed by atoms with E-state index in [0.29, 0.717) is 23.9 Å². The van der Waals surface area contributed by atoms with Crippen LogP contribution in [-0.2, 0) is 22.4 Å². The van der Waals surface area contributed by atoms with E-state index in [9.17, 15) is 4.79 Å². The van der Waals surface area contributed by atoms with Gasteiger partial charge in [-0.2, -0.15) is 0 Å². The van der Waals surface area contributed by atoms with Crippen molar-refractivity contribution in [3.05, 3.63) is 58.4 Å². The van der Waals surface area contributed by atoms with Crippen LogP contribution >= 0.6 is 11.6 Å². The van der Waals surface area contributed by atoms with Gasteiger partial charge in [0.25, 0.3) is 0 Å². The summed E-state index contributed by atoms with van der Waals surface area (Å²) in [6.07, 6.45) is 0.737. The maximum absolute atomic E-state index is 11.9. The lowest BCUT2D eigenvalue weighted by Gasteiger charge is -2.13. The van der Waals surface area contributed by atoms with Crippen molar-refractivity contribution in [2.45, 2.75) is 13.0 Å². The molecular weight excluding hydrogens is 290 g/mol. The highest BCUT2D eigenvalue weighted by molar-refractivity contribution is 6.30. The van der Waals surface area contributed by atoms with Gasteiger partial charge in [0.05, 0.1) is 13.7 Å². The highest BCUT2D eigenvalue weighted by Crippen LogP contribution is 2.16. The number of ether oxygens (including phenoxy) is 2. The first-order valence-corrected chi connectivity index (χ1v) is 7.03. The molecule has 0 radical (unpaired) electrons. The van der Waals surface area contributed by atoms with Gasteiger partial charge in [0.1, 0.15) is 5.69 Å². The quantitative estimate of drug-likeness (QED) is 0.770. The smallest absolute Gasteiger partial charge is 0.354 e. The Kier molecular flexibility index (Phi) is 5.42. The van der Waals surface area contributed by atoms with Gasteiger partial charge in [-0.05, 0) is 29.8 Å². The highest BCUT2D eigenvalue weighted by atomic mass is 35.5. The van der Waals surface area contributed by atoms with Crippen molar-refractivity contribution in [3.8, 4) is 0 Å². The van der Waals surface area contributed by atoms with Crippen molar-refractivity contribution in [1.29, 1.82) is 0 Å². The molecule has 2 aromatic rings. The third kappa shape index (κ3) is 3.86. The summed E-state index contributed by atoms with van der Waals surface area (Å²) < 4.78 is 11.9. The minimum Gasteiger partial charge on any atom is -0.464 e. The molecule has 1 aromatic carbocycles. The number of nitrogens with zero attached hydrogens (tertiary/aromatic N) is 1. The molecule has 0 unspecified atom stereocenters. The van der Waals surface area contributed by atoms with Gasteiger partial charge < -0.3 is 14.0 Å². The predicted molar refractivity (Wildman–Crippen MR) is 81.9 cm³/mol. The van der Waals surface area contributed by atoms with E-state index < -0.39 is 0 Å². The second-order valence-electron chi connectivity index (χ2n) is 4.66. The van der Waals surface area contributed by atoms with E-state index in [1.807, 2.05) is 34.9 Å². The Morgan fingerprint density at radius 2 is 1.86 bits per heavy atom. The SMILES string of the molecule is COCCc1ccc(C(=O)OC)n1Cc1ccc(Cl)cc1. The molecule has 0 fully saturated rings. The standard InChI is InChI=1S/C16H18ClNO3/c1-20-10-9-14-7-8-15(16(19)21-2)18(14)11-12-3-5-13(17)6-4-12/h3-8H,9-11H2,1-2H3. The van der Waals surface area contributed by atoms with Crippen LogP contribution in [0.3, 0.4) is 0 Å². The van der Waals surface area contributed by atoms with Crippen molar-refractivity contribution in [3.63, 3.8) is 0 Å². The van der Waals surface area contributed by atoms with Crippen LogP contribution in [-0.4, -0.2) is 31.4 Å². The molecule has 0 amide bonds. The molecule has 0 atom stereocenters. The van der Waals surface area contributed by atoms with Crippen LogP contribution in [0.5, 0.6) is 0 Å². The molecule has 0 bridgehead atoms. The maximum Gasteiger partial charge on any atom is 0.354 e. The first kappa shape index (κ1) is 15.6. The van der Waals surface area contributed by atoms with Gasteiger partial charge in [-0.3, -0.25) is 0 Å². The summed E-state index contributed by atoms with van der Waals surface area (Å²) in [5.74, 6) is -0.340. The molecule has 0 spiro atoms. The van der Waals surface area contributed by atoms with E-state index in [-0.39, 0.29) is 5.97 Å². The van der Waals surface area contributed by atoms with Gasteiger partial charge in [0.15, 0.2) is 0 Å². The summed E-state index contributed by atoms with van der Waals surface area (Å²) in [5.41, 5.74) is 2.64. The fourth-order valence-corrected chi connectivity index (χ4v) is 2.30. The van der Waals surface area contributed by atoms with Gasteiger partial charge in [0, 0.05) is 30.8 Å². The Labute approximate surface area is 129 Å². The first-order valence-electron chi connectivity index (χ1n) is 6.66. The molecular formula is C16H18ClNO3. The zero-order valence-corrected chi connectivity index (χ0v) is 12.9. The number of methoxy groups -OCH3 is 2. The van der Waals surface area contributed by atoms with Crippen LogP contribution in [0.1, 0.15) is 21.7 Å². The number of hydrogen-bond donors (Lipinski definition) is 0. The van der Waals surface area contributed by atoms with Crippen LogP contribution < -0.4 is 0 Å². The normalized spacial score (nSPS) is 10.6. The van der Waals surface area contributed by atoms with Crippen molar-refractivity contribution >= 4 is 17.6 Å². The fourth-order valence-electron chi connectivity index (χ4n) is 2.18. The molecule has 0 aliphatic rings. The third-order valence-electron chi connectivity index (χ3n) is 3.28. The average Bonchev–Trinajstić information content (AvgIpc) is 2.89. The molecule has 5 heteroatoms. The minimum atomic E-state index is -0.340. The molecule has 2 rings (SSSR count). The number of esters is 1. The van der Waals surface area contributed by atoms with Crippen molar-refractivity contribution in [2.75, 3.05) is 20.8 Å². The zero-order valence-electron chi connectivity index (χ0n) is 12.1. The summed E-state index contributed by atoms with van der Waals surface area (Å²) in [6, 6.07) is 11.3. The molecule has 0 saturated carbocycles. The van der Waals surface area contributed by atoms with E-state index in [1.165, 1.54) is 7.11 Å². The second-order valence-corrected chi connectivity index (χ2v) is 5.09.